The van der Waals surface area contributed by atoms with Gasteiger partial charge >= 0.3 is 0 Å². The Morgan fingerprint density at radius 2 is 1.77 bits per heavy atom. The summed E-state index contributed by atoms with van der Waals surface area (Å²) in [5, 5.41) is 2.90. The molecule has 212 valence electrons. The summed E-state index contributed by atoms with van der Waals surface area (Å²) < 4.78 is 16.3. The van der Waals surface area contributed by atoms with E-state index in [1.807, 2.05) is 33.3 Å². The predicted molar refractivity (Wildman–Crippen MR) is 156 cm³/mol. The maximum atomic E-state index is 13.1. The van der Waals surface area contributed by atoms with Gasteiger partial charge in [-0.25, -0.2) is 9.97 Å². The Morgan fingerprint density at radius 1 is 1.02 bits per heavy atom. The largest absolute Gasteiger partial charge is 0.496 e. The number of ether oxygens (including phenoxy) is 3. The van der Waals surface area contributed by atoms with Gasteiger partial charge in [0.2, 0.25) is 11.7 Å². The fourth-order valence-corrected chi connectivity index (χ4v) is 3.89. The minimum Gasteiger partial charge on any atom is -0.496 e. The molecular formula is C30H37N5O5. The molecule has 0 aliphatic heterocycles. The van der Waals surface area contributed by atoms with Gasteiger partial charge in [0, 0.05) is 57.1 Å². The lowest BCUT2D eigenvalue weighted by molar-refractivity contribution is -0.111. The molecule has 0 atom stereocenters. The number of anilines is 2. The topological polar surface area (TPSA) is 106 Å². The molecule has 0 saturated carbocycles. The Kier molecular flexibility index (Phi) is 11.2. The van der Waals surface area contributed by atoms with E-state index < -0.39 is 0 Å². The maximum Gasteiger partial charge on any atom is 0.247 e. The van der Waals surface area contributed by atoms with Crippen LogP contribution >= 0.6 is 0 Å². The molecule has 0 spiro atoms. The average Bonchev–Trinajstić information content (AvgIpc) is 2.96. The molecule has 0 fully saturated rings. The van der Waals surface area contributed by atoms with E-state index in [2.05, 4.69) is 31.7 Å². The van der Waals surface area contributed by atoms with Crippen LogP contribution in [0, 0.1) is 0 Å². The third kappa shape index (κ3) is 8.36. The zero-order valence-electron chi connectivity index (χ0n) is 23.8. The number of aromatic nitrogens is 2. The van der Waals surface area contributed by atoms with Crippen molar-refractivity contribution < 1.29 is 23.8 Å². The van der Waals surface area contributed by atoms with Crippen LogP contribution in [-0.4, -0.2) is 88.2 Å². The van der Waals surface area contributed by atoms with Crippen LogP contribution in [0.1, 0.15) is 27.4 Å². The molecule has 1 N–H and O–H groups in total. The second-order valence-electron chi connectivity index (χ2n) is 9.33. The van der Waals surface area contributed by atoms with Gasteiger partial charge in [0.1, 0.15) is 29.6 Å². The van der Waals surface area contributed by atoms with Crippen LogP contribution in [0.5, 0.6) is 11.5 Å². The van der Waals surface area contributed by atoms with Crippen molar-refractivity contribution in [2.45, 2.75) is 6.42 Å². The number of hydrogen-bond acceptors (Lipinski definition) is 9. The van der Waals surface area contributed by atoms with E-state index in [0.29, 0.717) is 41.8 Å². The first-order valence-electron chi connectivity index (χ1n) is 12.8. The summed E-state index contributed by atoms with van der Waals surface area (Å²) in [5.74, 6) is 1.17. The quantitative estimate of drug-likeness (QED) is 0.174. The van der Waals surface area contributed by atoms with Crippen LogP contribution in [0.15, 0.2) is 61.3 Å². The number of methoxy groups -OCH3 is 2. The van der Waals surface area contributed by atoms with Crippen LogP contribution < -0.4 is 19.7 Å². The molecule has 3 aromatic rings. The Balaban J connectivity index is 1.86. The fourth-order valence-electron chi connectivity index (χ4n) is 3.89. The van der Waals surface area contributed by atoms with Crippen LogP contribution in [0.4, 0.5) is 11.4 Å². The molecule has 40 heavy (non-hydrogen) atoms. The highest BCUT2D eigenvalue weighted by atomic mass is 16.5. The van der Waals surface area contributed by atoms with Gasteiger partial charge in [0.25, 0.3) is 0 Å². The molecule has 2 aromatic carbocycles. The molecular weight excluding hydrogens is 510 g/mol. The second kappa shape index (κ2) is 14.8. The number of amides is 1. The molecule has 1 heterocycles. The average molecular weight is 548 g/mol. The number of hydrogen-bond donors (Lipinski definition) is 1. The summed E-state index contributed by atoms with van der Waals surface area (Å²) in [4.78, 5) is 38.4. The number of carbonyl (C=O) groups is 2. The van der Waals surface area contributed by atoms with Gasteiger partial charge in [0.15, 0.2) is 0 Å². The standard InChI is InChI=1S/C30H37N5O5/c1-7-29(36)33-25-18-22(27(39-6)20-26(25)35(4)15-14-34(2)3)19-28-31-13-12-24(32-28)30(37)21-8-10-23(11-9-21)40-17-16-38-5/h7-13,18,20H,1,14-17,19H2,2-6H3,(H,33,36). The van der Waals surface area contributed by atoms with Crippen LogP contribution in [0.3, 0.4) is 0 Å². The number of nitrogens with zero attached hydrogens (tertiary/aromatic N) is 4. The first kappa shape index (κ1) is 30.3. The predicted octanol–water partition coefficient (Wildman–Crippen LogP) is 3.45. The number of rotatable bonds is 15. The summed E-state index contributed by atoms with van der Waals surface area (Å²) in [7, 11) is 9.17. The normalized spacial score (nSPS) is 10.8. The van der Waals surface area contributed by atoms with Crippen molar-refractivity contribution in [1.82, 2.24) is 14.9 Å². The SMILES string of the molecule is C=CC(=O)Nc1cc(Cc2nccc(C(=O)c3ccc(OCCOC)cc3)n2)c(OC)cc1N(C)CCN(C)C. The minimum atomic E-state index is -0.322. The fraction of sp³-hybridized carbons (Fsp3) is 0.333. The molecule has 0 bridgehead atoms. The van der Waals surface area contributed by atoms with Crippen molar-refractivity contribution in [1.29, 1.82) is 0 Å². The van der Waals surface area contributed by atoms with E-state index in [9.17, 15) is 9.59 Å². The minimum absolute atomic E-state index is 0.226. The third-order valence-corrected chi connectivity index (χ3v) is 6.10. The van der Waals surface area contributed by atoms with Crippen LogP contribution in [-0.2, 0) is 16.0 Å². The van der Waals surface area contributed by atoms with Crippen molar-refractivity contribution in [3.05, 3.63) is 84.0 Å². The molecule has 10 nitrogen and oxygen atoms in total. The third-order valence-electron chi connectivity index (χ3n) is 6.10. The van der Waals surface area contributed by atoms with Crippen LogP contribution in [0.2, 0.25) is 0 Å². The van der Waals surface area contributed by atoms with E-state index >= 15 is 0 Å². The van der Waals surface area contributed by atoms with Gasteiger partial charge < -0.3 is 29.3 Å². The summed E-state index contributed by atoms with van der Waals surface area (Å²) in [6.45, 7) is 6.03. The molecule has 3 rings (SSSR count). The van der Waals surface area contributed by atoms with Crippen molar-refractivity contribution in [2.24, 2.45) is 0 Å². The van der Waals surface area contributed by atoms with Gasteiger partial charge in [-0.1, -0.05) is 6.58 Å². The van der Waals surface area contributed by atoms with Gasteiger partial charge in [-0.3, -0.25) is 9.59 Å². The first-order chi connectivity index (χ1) is 19.2. The first-order valence-corrected chi connectivity index (χ1v) is 12.8. The zero-order valence-corrected chi connectivity index (χ0v) is 23.8. The van der Waals surface area contributed by atoms with Crippen molar-refractivity contribution >= 4 is 23.1 Å². The molecule has 0 aliphatic rings. The smallest absolute Gasteiger partial charge is 0.247 e. The molecule has 0 aliphatic carbocycles. The molecule has 1 aromatic heterocycles. The van der Waals surface area contributed by atoms with Crippen molar-refractivity contribution in [3.63, 3.8) is 0 Å². The molecule has 0 saturated heterocycles. The Hall–Kier alpha value is -4.28. The van der Waals surface area contributed by atoms with E-state index in [1.165, 1.54) is 6.08 Å². The maximum absolute atomic E-state index is 13.1. The number of likely N-dealkylation sites (N-methyl/N-ethyl adjacent to an activating group) is 2. The van der Waals surface area contributed by atoms with Crippen molar-refractivity contribution in [2.75, 3.05) is 71.9 Å². The van der Waals surface area contributed by atoms with Crippen molar-refractivity contribution in [3.8, 4) is 11.5 Å². The Morgan fingerprint density at radius 3 is 2.42 bits per heavy atom. The number of carbonyl (C=O) groups excluding carboxylic acids is 2. The highest BCUT2D eigenvalue weighted by Crippen LogP contribution is 2.34. The van der Waals surface area contributed by atoms with Gasteiger partial charge in [-0.15, -0.1) is 0 Å². The molecule has 10 heteroatoms. The Bertz CT molecular complexity index is 1310. The van der Waals surface area contributed by atoms with E-state index in [0.717, 1.165) is 24.3 Å². The number of benzene rings is 2. The summed E-state index contributed by atoms with van der Waals surface area (Å²) >= 11 is 0. The summed E-state index contributed by atoms with van der Waals surface area (Å²) in [5.41, 5.74) is 2.94. The summed E-state index contributed by atoms with van der Waals surface area (Å²) in [6.07, 6.45) is 3.08. The number of nitrogens with one attached hydrogen (secondary N) is 1. The van der Waals surface area contributed by atoms with E-state index in [1.54, 1.807) is 50.7 Å². The lowest BCUT2D eigenvalue weighted by atomic mass is 10.1. The highest BCUT2D eigenvalue weighted by molar-refractivity contribution is 6.07. The van der Waals surface area contributed by atoms with Gasteiger partial charge in [-0.2, -0.15) is 0 Å². The number of ketones is 1. The monoisotopic (exact) mass is 547 g/mol. The second-order valence-corrected chi connectivity index (χ2v) is 9.33. The lowest BCUT2D eigenvalue weighted by Gasteiger charge is -2.25. The molecule has 0 unspecified atom stereocenters. The molecule has 1 amide bonds. The molecule has 0 radical (unpaired) electrons. The van der Waals surface area contributed by atoms with E-state index in [4.69, 9.17) is 14.2 Å². The van der Waals surface area contributed by atoms with E-state index in [-0.39, 0.29) is 23.8 Å². The highest BCUT2D eigenvalue weighted by Gasteiger charge is 2.18. The Labute approximate surface area is 235 Å². The van der Waals surface area contributed by atoms with Gasteiger partial charge in [0.05, 0.1) is 25.1 Å². The summed E-state index contributed by atoms with van der Waals surface area (Å²) in [6, 6.07) is 12.2. The lowest BCUT2D eigenvalue weighted by Crippen LogP contribution is -2.29. The zero-order chi connectivity index (χ0) is 29.1. The van der Waals surface area contributed by atoms with Crippen LogP contribution in [0.25, 0.3) is 0 Å². The van der Waals surface area contributed by atoms with Gasteiger partial charge in [-0.05, 0) is 56.6 Å².